The van der Waals surface area contributed by atoms with Gasteiger partial charge in [-0.25, -0.2) is 9.80 Å². The van der Waals surface area contributed by atoms with Crippen LogP contribution in [0.4, 0.5) is 19.0 Å². The number of alkyl halides is 3. The number of H-pyrrole nitrogens is 1. The average Bonchev–Trinajstić information content (AvgIpc) is 2.90. The number of carboxylic acids is 1. The lowest BCUT2D eigenvalue weighted by atomic mass is 10.1. The van der Waals surface area contributed by atoms with Crippen molar-refractivity contribution in [2.45, 2.75) is 12.7 Å². The molecule has 2 aromatic rings. The van der Waals surface area contributed by atoms with Crippen molar-refractivity contribution in [3.8, 4) is 0 Å². The highest BCUT2D eigenvalue weighted by atomic mass is 19.4. The number of aliphatic carboxylic acids is 1. The van der Waals surface area contributed by atoms with Crippen LogP contribution in [0.3, 0.4) is 0 Å². The lowest BCUT2D eigenvalue weighted by molar-refractivity contribution is -0.176. The molecule has 0 atom stereocenters. The van der Waals surface area contributed by atoms with Crippen molar-refractivity contribution < 1.29 is 32.6 Å². The maximum atomic E-state index is 13.6. The second-order valence-electron chi connectivity index (χ2n) is 5.43. The van der Waals surface area contributed by atoms with Crippen molar-refractivity contribution in [3.63, 3.8) is 0 Å². The summed E-state index contributed by atoms with van der Waals surface area (Å²) in [5, 5.41) is 9.63. The molecule has 1 amide bonds. The number of anilines is 1. The summed E-state index contributed by atoms with van der Waals surface area (Å²) in [4.78, 5) is 25.2. The van der Waals surface area contributed by atoms with Gasteiger partial charge in [0, 0.05) is 23.0 Å². The van der Waals surface area contributed by atoms with E-state index in [2.05, 4.69) is 9.72 Å². The van der Waals surface area contributed by atoms with Crippen LogP contribution in [0.25, 0.3) is 10.9 Å². The van der Waals surface area contributed by atoms with E-state index in [1.807, 2.05) is 0 Å². The number of halogens is 3. The largest absolute Gasteiger partial charge is 0.504 e. The highest BCUT2D eigenvalue weighted by molar-refractivity contribution is 5.91. The van der Waals surface area contributed by atoms with Gasteiger partial charge in [-0.1, -0.05) is 18.2 Å². The van der Waals surface area contributed by atoms with Crippen molar-refractivity contribution in [1.82, 2.24) is 9.99 Å². The number of fused-ring (bicyclic) bond motifs is 3. The molecule has 3 rings (SSSR count). The molecule has 0 saturated carbocycles. The van der Waals surface area contributed by atoms with E-state index < -0.39 is 31.4 Å². The van der Waals surface area contributed by atoms with Crippen molar-refractivity contribution >= 4 is 28.6 Å². The van der Waals surface area contributed by atoms with E-state index in [9.17, 15) is 22.8 Å². The monoisotopic (exact) mass is 357 g/mol. The second kappa shape index (κ2) is 6.28. The Hall–Kier alpha value is -2.75. The van der Waals surface area contributed by atoms with Gasteiger partial charge in [0.05, 0.1) is 0 Å². The number of benzene rings is 1. The lowest BCUT2D eigenvalue weighted by Crippen LogP contribution is -2.58. The number of rotatable bonds is 4. The van der Waals surface area contributed by atoms with Crippen molar-refractivity contribution in [2.24, 2.45) is 0 Å². The number of hydrogen-bond donors (Lipinski definition) is 2. The van der Waals surface area contributed by atoms with Crippen LogP contribution in [0, 0.1) is 0 Å². The third kappa shape index (κ3) is 3.25. The van der Waals surface area contributed by atoms with Gasteiger partial charge in [0.1, 0.15) is 19.0 Å². The van der Waals surface area contributed by atoms with Crippen LogP contribution in [-0.2, 0) is 20.7 Å². The van der Waals surface area contributed by atoms with E-state index in [1.165, 1.54) is 0 Å². The van der Waals surface area contributed by atoms with E-state index in [1.54, 1.807) is 24.3 Å². The SMILES string of the molecule is O=C(O)COCC(=O)N1CCc2c([nH]c3ccccc23)N1C(F)(F)F. The molecule has 0 spiro atoms. The Morgan fingerprint density at radius 3 is 2.64 bits per heavy atom. The molecule has 0 unspecified atom stereocenters. The third-order valence-corrected chi connectivity index (χ3v) is 3.80. The minimum Gasteiger partial charge on any atom is -0.480 e. The highest BCUT2D eigenvalue weighted by Crippen LogP contribution is 2.39. The fourth-order valence-electron chi connectivity index (χ4n) is 2.86. The van der Waals surface area contributed by atoms with Gasteiger partial charge < -0.3 is 14.8 Å². The summed E-state index contributed by atoms with van der Waals surface area (Å²) in [5.74, 6) is -2.49. The number of nitrogens with zero attached hydrogens (tertiary/aromatic N) is 2. The summed E-state index contributed by atoms with van der Waals surface area (Å²) in [7, 11) is 0. The Labute approximate surface area is 139 Å². The van der Waals surface area contributed by atoms with Gasteiger partial charge in [-0.05, 0) is 12.5 Å². The van der Waals surface area contributed by atoms with Gasteiger partial charge in [0.25, 0.3) is 5.91 Å². The molecule has 0 radical (unpaired) electrons. The molecule has 0 bridgehead atoms. The van der Waals surface area contributed by atoms with E-state index in [-0.39, 0.29) is 23.8 Å². The standard InChI is InChI=1S/C15H14F3N3O4/c16-15(17,18)21-14-10(9-3-1-2-4-11(9)19-14)5-6-20(21)12(22)7-25-8-13(23)24/h1-4,19H,5-8H2,(H,23,24). The molecular weight excluding hydrogens is 343 g/mol. The van der Waals surface area contributed by atoms with Crippen molar-refractivity contribution in [1.29, 1.82) is 0 Å². The fraction of sp³-hybridized carbons (Fsp3) is 0.333. The van der Waals surface area contributed by atoms with Gasteiger partial charge in [-0.3, -0.25) is 4.79 Å². The van der Waals surface area contributed by atoms with Crippen LogP contribution >= 0.6 is 0 Å². The third-order valence-electron chi connectivity index (χ3n) is 3.80. The number of carbonyl (C=O) groups excluding carboxylic acids is 1. The van der Waals surface area contributed by atoms with Crippen LogP contribution in [0.2, 0.25) is 0 Å². The molecule has 134 valence electrons. The topological polar surface area (TPSA) is 85.9 Å². The van der Waals surface area contributed by atoms with Gasteiger partial charge in [0.2, 0.25) is 0 Å². The maximum Gasteiger partial charge on any atom is 0.504 e. The minimum atomic E-state index is -4.83. The van der Waals surface area contributed by atoms with Crippen molar-refractivity contribution in [2.75, 3.05) is 24.8 Å². The van der Waals surface area contributed by atoms with Gasteiger partial charge >= 0.3 is 12.3 Å². The Kier molecular flexibility index (Phi) is 4.29. The number of ether oxygens (including phenoxy) is 1. The molecule has 25 heavy (non-hydrogen) atoms. The highest BCUT2D eigenvalue weighted by Gasteiger charge is 2.47. The lowest BCUT2D eigenvalue weighted by Gasteiger charge is -2.39. The normalized spacial score (nSPS) is 14.7. The molecule has 1 aliphatic rings. The Balaban J connectivity index is 1.93. The van der Waals surface area contributed by atoms with Crippen LogP contribution in [-0.4, -0.2) is 53.0 Å². The Morgan fingerprint density at radius 1 is 1.24 bits per heavy atom. The summed E-state index contributed by atoms with van der Waals surface area (Å²) in [5.41, 5.74) is 1.02. The zero-order valence-electron chi connectivity index (χ0n) is 12.8. The molecule has 0 fully saturated rings. The predicted octanol–water partition coefficient (Wildman–Crippen LogP) is 1.89. The molecule has 2 heterocycles. The smallest absolute Gasteiger partial charge is 0.480 e. The summed E-state index contributed by atoms with van der Waals surface area (Å²) in [6.07, 6.45) is -4.60. The molecule has 2 N–H and O–H groups in total. The predicted molar refractivity (Wildman–Crippen MR) is 80.7 cm³/mol. The van der Waals surface area contributed by atoms with Crippen LogP contribution < -0.4 is 5.01 Å². The second-order valence-corrected chi connectivity index (χ2v) is 5.43. The van der Waals surface area contributed by atoms with Crippen LogP contribution in [0.1, 0.15) is 5.56 Å². The fourth-order valence-corrected chi connectivity index (χ4v) is 2.86. The number of carbonyl (C=O) groups is 2. The number of aromatic amines is 1. The first-order valence-electron chi connectivity index (χ1n) is 7.35. The van der Waals surface area contributed by atoms with E-state index in [0.717, 1.165) is 0 Å². The maximum absolute atomic E-state index is 13.6. The van der Waals surface area contributed by atoms with Crippen LogP contribution in [0.5, 0.6) is 0 Å². The van der Waals surface area contributed by atoms with Gasteiger partial charge in [-0.2, -0.15) is 5.01 Å². The van der Waals surface area contributed by atoms with E-state index in [0.29, 0.717) is 21.5 Å². The zero-order chi connectivity index (χ0) is 18.2. The molecule has 1 aliphatic heterocycles. The first-order chi connectivity index (χ1) is 11.8. The first kappa shape index (κ1) is 17.1. The number of nitrogens with one attached hydrogen (secondary N) is 1. The number of aromatic nitrogens is 1. The summed E-state index contributed by atoms with van der Waals surface area (Å²) in [6, 6.07) is 6.80. The number of hydrazine groups is 1. The zero-order valence-corrected chi connectivity index (χ0v) is 12.8. The number of amides is 1. The van der Waals surface area contributed by atoms with E-state index >= 15 is 0 Å². The summed E-state index contributed by atoms with van der Waals surface area (Å²) < 4.78 is 45.4. The number of hydrogen-bond acceptors (Lipinski definition) is 4. The number of carboxylic acid groups (broad SMARTS) is 1. The molecule has 10 heteroatoms. The summed E-state index contributed by atoms with van der Waals surface area (Å²) >= 11 is 0. The Bertz CT molecular complexity index is 818. The minimum absolute atomic E-state index is 0.0434. The molecular formula is C15H14F3N3O4. The summed E-state index contributed by atoms with van der Waals surface area (Å²) in [6.45, 7) is -1.71. The molecule has 0 aliphatic carbocycles. The first-order valence-corrected chi connectivity index (χ1v) is 7.35. The van der Waals surface area contributed by atoms with Gasteiger partial charge in [-0.15, -0.1) is 13.2 Å². The van der Waals surface area contributed by atoms with E-state index in [4.69, 9.17) is 5.11 Å². The van der Waals surface area contributed by atoms with Crippen molar-refractivity contribution in [3.05, 3.63) is 29.8 Å². The molecule has 0 saturated heterocycles. The van der Waals surface area contributed by atoms with Crippen LogP contribution in [0.15, 0.2) is 24.3 Å². The quantitative estimate of drug-likeness (QED) is 0.817. The molecule has 1 aromatic carbocycles. The average molecular weight is 357 g/mol. The molecule has 7 nitrogen and oxygen atoms in total. The Morgan fingerprint density at radius 2 is 1.96 bits per heavy atom. The number of para-hydroxylation sites is 1. The van der Waals surface area contributed by atoms with Gasteiger partial charge in [0.15, 0.2) is 0 Å². The molecule has 1 aromatic heterocycles.